The van der Waals surface area contributed by atoms with Gasteiger partial charge in [0.2, 0.25) is 10.0 Å². The van der Waals surface area contributed by atoms with Gasteiger partial charge in [-0.3, -0.25) is 4.98 Å². The first-order valence-corrected chi connectivity index (χ1v) is 11.8. The van der Waals surface area contributed by atoms with Crippen LogP contribution in [0.5, 0.6) is 5.75 Å². The SMILES string of the molecule is CCOC(=O)c1ccc(CN(Cc2cccnc2)S(=O)(=O)c2ccc(OCC)cc2)cc1. The Balaban J connectivity index is 1.88. The minimum Gasteiger partial charge on any atom is -0.494 e. The van der Waals surface area contributed by atoms with Gasteiger partial charge in [-0.05, 0) is 67.4 Å². The molecule has 7 nitrogen and oxygen atoms in total. The van der Waals surface area contributed by atoms with Crippen molar-refractivity contribution in [3.05, 3.63) is 89.7 Å². The van der Waals surface area contributed by atoms with Crippen LogP contribution in [0.4, 0.5) is 0 Å². The molecule has 1 aromatic heterocycles. The molecule has 0 saturated heterocycles. The van der Waals surface area contributed by atoms with E-state index in [9.17, 15) is 13.2 Å². The number of hydrogen-bond acceptors (Lipinski definition) is 6. The molecule has 2 aromatic carbocycles. The first kappa shape index (κ1) is 23.4. The Morgan fingerprint density at radius 2 is 1.59 bits per heavy atom. The van der Waals surface area contributed by atoms with Crippen LogP contribution in [0.3, 0.4) is 0 Å². The molecule has 8 heteroatoms. The zero-order valence-electron chi connectivity index (χ0n) is 18.1. The van der Waals surface area contributed by atoms with Gasteiger partial charge in [-0.15, -0.1) is 0 Å². The zero-order valence-corrected chi connectivity index (χ0v) is 18.9. The molecule has 0 saturated carbocycles. The van der Waals surface area contributed by atoms with Crippen LogP contribution < -0.4 is 4.74 Å². The molecular formula is C24H26N2O5S. The summed E-state index contributed by atoms with van der Waals surface area (Å²) in [7, 11) is -3.81. The van der Waals surface area contributed by atoms with E-state index in [1.165, 1.54) is 4.31 Å². The van der Waals surface area contributed by atoms with Crippen molar-refractivity contribution in [2.75, 3.05) is 13.2 Å². The van der Waals surface area contributed by atoms with Gasteiger partial charge in [0, 0.05) is 25.5 Å². The topological polar surface area (TPSA) is 85.8 Å². The van der Waals surface area contributed by atoms with Gasteiger partial charge >= 0.3 is 5.97 Å². The fraction of sp³-hybridized carbons (Fsp3) is 0.250. The molecule has 3 rings (SSSR count). The predicted octanol–water partition coefficient (Wildman–Crippen LogP) is 4.05. The van der Waals surface area contributed by atoms with Gasteiger partial charge < -0.3 is 9.47 Å². The number of rotatable bonds is 10. The minimum absolute atomic E-state index is 0.132. The van der Waals surface area contributed by atoms with Crippen LogP contribution in [0.1, 0.15) is 35.3 Å². The van der Waals surface area contributed by atoms with Gasteiger partial charge in [-0.25, -0.2) is 13.2 Å². The molecule has 0 aliphatic carbocycles. The molecule has 0 atom stereocenters. The van der Waals surface area contributed by atoms with E-state index in [0.29, 0.717) is 24.5 Å². The first-order valence-electron chi connectivity index (χ1n) is 10.3. The van der Waals surface area contributed by atoms with Gasteiger partial charge in [0.25, 0.3) is 0 Å². The average molecular weight is 455 g/mol. The molecule has 0 N–H and O–H groups in total. The lowest BCUT2D eigenvalue weighted by molar-refractivity contribution is 0.0526. The molecule has 0 amide bonds. The molecular weight excluding hydrogens is 428 g/mol. The van der Waals surface area contributed by atoms with Crippen molar-refractivity contribution < 1.29 is 22.7 Å². The predicted molar refractivity (Wildman–Crippen MR) is 121 cm³/mol. The van der Waals surface area contributed by atoms with Crippen LogP contribution in [0.15, 0.2) is 78.0 Å². The third-order valence-electron chi connectivity index (χ3n) is 4.68. The summed E-state index contributed by atoms with van der Waals surface area (Å²) in [5.41, 5.74) is 1.94. The van der Waals surface area contributed by atoms with Crippen LogP contribution in [0.25, 0.3) is 0 Å². The standard InChI is InChI=1S/C24H26N2O5S/c1-3-30-22-11-13-23(14-12-22)32(28,29)26(18-20-6-5-15-25-16-20)17-19-7-9-21(10-8-19)24(27)31-4-2/h5-16H,3-4,17-18H2,1-2H3. The van der Waals surface area contributed by atoms with Crippen LogP contribution in [-0.2, 0) is 27.8 Å². The number of carbonyl (C=O) groups excluding carboxylic acids is 1. The van der Waals surface area contributed by atoms with E-state index in [1.807, 2.05) is 13.0 Å². The maximum Gasteiger partial charge on any atom is 0.338 e. The van der Waals surface area contributed by atoms with E-state index in [4.69, 9.17) is 9.47 Å². The third-order valence-corrected chi connectivity index (χ3v) is 6.48. The smallest absolute Gasteiger partial charge is 0.338 e. The van der Waals surface area contributed by atoms with E-state index >= 15 is 0 Å². The van der Waals surface area contributed by atoms with Crippen molar-refractivity contribution in [3.63, 3.8) is 0 Å². The highest BCUT2D eigenvalue weighted by molar-refractivity contribution is 7.89. The lowest BCUT2D eigenvalue weighted by Crippen LogP contribution is -2.30. The minimum atomic E-state index is -3.81. The molecule has 32 heavy (non-hydrogen) atoms. The monoisotopic (exact) mass is 454 g/mol. The number of sulfonamides is 1. The lowest BCUT2D eigenvalue weighted by Gasteiger charge is -2.23. The highest BCUT2D eigenvalue weighted by Crippen LogP contribution is 2.23. The van der Waals surface area contributed by atoms with Gasteiger partial charge in [0.15, 0.2) is 0 Å². The molecule has 1 heterocycles. The van der Waals surface area contributed by atoms with E-state index in [1.54, 1.807) is 73.9 Å². The summed E-state index contributed by atoms with van der Waals surface area (Å²) >= 11 is 0. The van der Waals surface area contributed by atoms with Gasteiger partial charge in [0.05, 0.1) is 23.7 Å². The van der Waals surface area contributed by atoms with Crippen molar-refractivity contribution in [1.29, 1.82) is 0 Å². The van der Waals surface area contributed by atoms with Crippen molar-refractivity contribution in [2.24, 2.45) is 0 Å². The van der Waals surface area contributed by atoms with Gasteiger partial charge in [-0.1, -0.05) is 18.2 Å². The second-order valence-corrected chi connectivity index (χ2v) is 8.89. The Kier molecular flexibility index (Phi) is 7.97. The van der Waals surface area contributed by atoms with Crippen LogP contribution in [0.2, 0.25) is 0 Å². The second kappa shape index (κ2) is 10.9. The zero-order chi connectivity index (χ0) is 23.0. The molecule has 0 aliphatic rings. The second-order valence-electron chi connectivity index (χ2n) is 6.96. The number of ether oxygens (including phenoxy) is 2. The summed E-state index contributed by atoms with van der Waals surface area (Å²) < 4.78 is 38.7. The molecule has 0 aliphatic heterocycles. The van der Waals surface area contributed by atoms with Gasteiger partial charge in [-0.2, -0.15) is 4.31 Å². The van der Waals surface area contributed by atoms with Crippen molar-refractivity contribution >= 4 is 16.0 Å². The summed E-state index contributed by atoms with van der Waals surface area (Å²) in [5, 5.41) is 0. The van der Waals surface area contributed by atoms with E-state index in [2.05, 4.69) is 4.98 Å². The molecule has 0 unspecified atom stereocenters. The van der Waals surface area contributed by atoms with Crippen LogP contribution >= 0.6 is 0 Å². The van der Waals surface area contributed by atoms with Crippen molar-refractivity contribution in [3.8, 4) is 5.75 Å². The number of nitrogens with zero attached hydrogens (tertiary/aromatic N) is 2. The van der Waals surface area contributed by atoms with Crippen LogP contribution in [-0.4, -0.2) is 36.9 Å². The highest BCUT2D eigenvalue weighted by Gasteiger charge is 2.25. The van der Waals surface area contributed by atoms with Crippen LogP contribution in [0, 0.1) is 0 Å². The number of esters is 1. The number of hydrogen-bond donors (Lipinski definition) is 0. The maximum atomic E-state index is 13.5. The third kappa shape index (κ3) is 5.93. The Hall–Kier alpha value is -3.23. The Bertz CT molecular complexity index is 1120. The number of aromatic nitrogens is 1. The Morgan fingerprint density at radius 1 is 0.906 bits per heavy atom. The fourth-order valence-electron chi connectivity index (χ4n) is 3.11. The quantitative estimate of drug-likeness (QED) is 0.430. The molecule has 0 spiro atoms. The Labute approximate surface area is 188 Å². The highest BCUT2D eigenvalue weighted by atomic mass is 32.2. The Morgan fingerprint density at radius 3 is 2.19 bits per heavy atom. The summed E-state index contributed by atoms with van der Waals surface area (Å²) in [5.74, 6) is 0.202. The molecule has 0 radical (unpaired) electrons. The number of pyridine rings is 1. The fourth-order valence-corrected chi connectivity index (χ4v) is 4.53. The average Bonchev–Trinajstić information content (AvgIpc) is 2.80. The van der Waals surface area contributed by atoms with E-state index in [0.717, 1.165) is 11.1 Å². The molecule has 168 valence electrons. The lowest BCUT2D eigenvalue weighted by atomic mass is 10.1. The maximum absolute atomic E-state index is 13.5. The largest absolute Gasteiger partial charge is 0.494 e. The van der Waals surface area contributed by atoms with Gasteiger partial charge in [0.1, 0.15) is 5.75 Å². The number of benzene rings is 2. The summed E-state index contributed by atoms with van der Waals surface area (Å²) in [6.07, 6.45) is 3.29. The van der Waals surface area contributed by atoms with Crippen molar-refractivity contribution in [2.45, 2.75) is 31.8 Å². The number of carbonyl (C=O) groups is 1. The van der Waals surface area contributed by atoms with Crippen molar-refractivity contribution in [1.82, 2.24) is 9.29 Å². The summed E-state index contributed by atoms with van der Waals surface area (Å²) in [6, 6.07) is 16.7. The van der Waals surface area contributed by atoms with E-state index < -0.39 is 16.0 Å². The molecule has 0 bridgehead atoms. The molecule has 0 fully saturated rings. The van der Waals surface area contributed by atoms with E-state index in [-0.39, 0.29) is 18.0 Å². The first-order chi connectivity index (χ1) is 15.4. The molecule has 3 aromatic rings. The summed E-state index contributed by atoms with van der Waals surface area (Å²) in [6.45, 7) is 4.69. The summed E-state index contributed by atoms with van der Waals surface area (Å²) in [4.78, 5) is 16.2. The normalized spacial score (nSPS) is 11.3.